The SMILES string of the molecule is Cc1ccccc1CC(=O)N[C@H](C)c1ccccc1. The first-order valence-corrected chi connectivity index (χ1v) is 6.55. The molecule has 0 aliphatic rings. The molecule has 0 aliphatic heterocycles. The average Bonchev–Trinajstić information content (AvgIpc) is 2.42. The molecule has 2 nitrogen and oxygen atoms in total. The Balaban J connectivity index is 1.97. The van der Waals surface area contributed by atoms with Crippen molar-refractivity contribution in [3.05, 3.63) is 71.3 Å². The maximum atomic E-state index is 12.0. The molecule has 0 saturated heterocycles. The van der Waals surface area contributed by atoms with Gasteiger partial charge in [0.25, 0.3) is 0 Å². The molecule has 1 atom stereocenters. The molecule has 0 radical (unpaired) electrons. The standard InChI is InChI=1S/C17H19NO/c1-13-8-6-7-11-16(13)12-17(19)18-14(2)15-9-4-3-5-10-15/h3-11,14H,12H2,1-2H3,(H,18,19)/t14-/m1/s1. The van der Waals surface area contributed by atoms with Crippen molar-refractivity contribution in [3.8, 4) is 0 Å². The third kappa shape index (κ3) is 3.68. The molecule has 2 aromatic rings. The number of benzene rings is 2. The second kappa shape index (κ2) is 6.19. The summed E-state index contributed by atoms with van der Waals surface area (Å²) in [4.78, 5) is 12.0. The predicted molar refractivity (Wildman–Crippen MR) is 77.9 cm³/mol. The summed E-state index contributed by atoms with van der Waals surface area (Å²) in [7, 11) is 0. The van der Waals surface area contributed by atoms with Gasteiger partial charge in [0.1, 0.15) is 0 Å². The molecular weight excluding hydrogens is 234 g/mol. The largest absolute Gasteiger partial charge is 0.349 e. The van der Waals surface area contributed by atoms with E-state index in [0.717, 1.165) is 16.7 Å². The van der Waals surface area contributed by atoms with Crippen molar-refractivity contribution in [3.63, 3.8) is 0 Å². The van der Waals surface area contributed by atoms with Gasteiger partial charge < -0.3 is 5.32 Å². The van der Waals surface area contributed by atoms with Gasteiger partial charge in [0.05, 0.1) is 12.5 Å². The first kappa shape index (κ1) is 13.3. The summed E-state index contributed by atoms with van der Waals surface area (Å²) in [5.41, 5.74) is 3.37. The highest BCUT2D eigenvalue weighted by Crippen LogP contribution is 2.12. The van der Waals surface area contributed by atoms with Crippen LogP contribution in [0, 0.1) is 6.92 Å². The monoisotopic (exact) mass is 253 g/mol. The first-order chi connectivity index (χ1) is 9.16. The summed E-state index contributed by atoms with van der Waals surface area (Å²) in [5, 5.41) is 3.03. The predicted octanol–water partition coefficient (Wildman–Crippen LogP) is 3.41. The summed E-state index contributed by atoms with van der Waals surface area (Å²) in [6.07, 6.45) is 0.434. The lowest BCUT2D eigenvalue weighted by Crippen LogP contribution is -2.28. The zero-order valence-corrected chi connectivity index (χ0v) is 11.4. The lowest BCUT2D eigenvalue weighted by molar-refractivity contribution is -0.121. The number of nitrogens with one attached hydrogen (secondary N) is 1. The topological polar surface area (TPSA) is 29.1 Å². The number of carbonyl (C=O) groups excluding carboxylic acids is 1. The van der Waals surface area contributed by atoms with E-state index in [0.29, 0.717) is 6.42 Å². The summed E-state index contributed by atoms with van der Waals surface area (Å²) >= 11 is 0. The summed E-state index contributed by atoms with van der Waals surface area (Å²) < 4.78 is 0. The molecule has 0 fully saturated rings. The Bertz CT molecular complexity index is 548. The smallest absolute Gasteiger partial charge is 0.224 e. The molecule has 1 N–H and O–H groups in total. The number of amides is 1. The van der Waals surface area contributed by atoms with E-state index < -0.39 is 0 Å². The minimum atomic E-state index is 0.0396. The number of rotatable bonds is 4. The van der Waals surface area contributed by atoms with Crippen molar-refractivity contribution in [2.24, 2.45) is 0 Å². The number of hydrogen-bond acceptors (Lipinski definition) is 1. The molecule has 0 aromatic heterocycles. The second-order valence-corrected chi connectivity index (χ2v) is 4.80. The van der Waals surface area contributed by atoms with E-state index in [1.807, 2.05) is 68.4 Å². The van der Waals surface area contributed by atoms with Gasteiger partial charge in [-0.15, -0.1) is 0 Å². The Hall–Kier alpha value is -2.09. The zero-order valence-electron chi connectivity index (χ0n) is 11.4. The fraction of sp³-hybridized carbons (Fsp3) is 0.235. The summed E-state index contributed by atoms with van der Waals surface area (Å²) in [5.74, 6) is 0.0608. The quantitative estimate of drug-likeness (QED) is 0.888. The van der Waals surface area contributed by atoms with Crippen molar-refractivity contribution < 1.29 is 4.79 Å². The highest BCUT2D eigenvalue weighted by molar-refractivity contribution is 5.79. The van der Waals surface area contributed by atoms with Crippen LogP contribution in [-0.2, 0) is 11.2 Å². The van der Waals surface area contributed by atoms with Crippen molar-refractivity contribution >= 4 is 5.91 Å². The van der Waals surface area contributed by atoms with Gasteiger partial charge in [-0.3, -0.25) is 4.79 Å². The molecule has 0 saturated carbocycles. The van der Waals surface area contributed by atoms with Crippen molar-refractivity contribution in [2.45, 2.75) is 26.3 Å². The summed E-state index contributed by atoms with van der Waals surface area (Å²) in [6, 6.07) is 18.0. The number of aryl methyl sites for hydroxylation is 1. The van der Waals surface area contributed by atoms with Crippen LogP contribution in [-0.4, -0.2) is 5.91 Å². The van der Waals surface area contributed by atoms with E-state index in [1.54, 1.807) is 0 Å². The zero-order chi connectivity index (χ0) is 13.7. The lowest BCUT2D eigenvalue weighted by Gasteiger charge is -2.14. The van der Waals surface area contributed by atoms with Crippen LogP contribution in [0.2, 0.25) is 0 Å². The Morgan fingerprint density at radius 1 is 1.05 bits per heavy atom. The minimum Gasteiger partial charge on any atom is -0.349 e. The molecule has 0 heterocycles. The average molecular weight is 253 g/mol. The van der Waals surface area contributed by atoms with E-state index >= 15 is 0 Å². The van der Waals surface area contributed by atoms with Gasteiger partial charge in [-0.05, 0) is 30.5 Å². The van der Waals surface area contributed by atoms with E-state index in [2.05, 4.69) is 5.32 Å². The Kier molecular flexibility index (Phi) is 4.35. The Morgan fingerprint density at radius 2 is 1.68 bits per heavy atom. The fourth-order valence-corrected chi connectivity index (χ4v) is 2.10. The normalized spacial score (nSPS) is 11.9. The third-order valence-corrected chi connectivity index (χ3v) is 3.29. The van der Waals surface area contributed by atoms with Crippen LogP contribution < -0.4 is 5.32 Å². The molecule has 98 valence electrons. The lowest BCUT2D eigenvalue weighted by atomic mass is 10.0. The van der Waals surface area contributed by atoms with Crippen LogP contribution in [0.4, 0.5) is 0 Å². The second-order valence-electron chi connectivity index (χ2n) is 4.80. The number of hydrogen-bond donors (Lipinski definition) is 1. The van der Waals surface area contributed by atoms with Crippen LogP contribution in [0.1, 0.15) is 29.7 Å². The van der Waals surface area contributed by atoms with Crippen molar-refractivity contribution in [2.75, 3.05) is 0 Å². The van der Waals surface area contributed by atoms with Gasteiger partial charge >= 0.3 is 0 Å². The fourth-order valence-electron chi connectivity index (χ4n) is 2.10. The molecule has 0 aliphatic carbocycles. The van der Waals surface area contributed by atoms with Crippen molar-refractivity contribution in [1.29, 1.82) is 0 Å². The molecule has 2 heteroatoms. The molecule has 0 spiro atoms. The Labute approximate surface area is 114 Å². The van der Waals surface area contributed by atoms with E-state index in [9.17, 15) is 4.79 Å². The van der Waals surface area contributed by atoms with Gasteiger partial charge in [0, 0.05) is 0 Å². The first-order valence-electron chi connectivity index (χ1n) is 6.55. The van der Waals surface area contributed by atoms with Crippen LogP contribution >= 0.6 is 0 Å². The molecule has 1 amide bonds. The maximum absolute atomic E-state index is 12.0. The Morgan fingerprint density at radius 3 is 2.37 bits per heavy atom. The summed E-state index contributed by atoms with van der Waals surface area (Å²) in [6.45, 7) is 4.04. The minimum absolute atomic E-state index is 0.0396. The molecule has 0 unspecified atom stereocenters. The molecule has 2 aromatic carbocycles. The van der Waals surface area contributed by atoms with E-state index in [-0.39, 0.29) is 11.9 Å². The highest BCUT2D eigenvalue weighted by atomic mass is 16.1. The third-order valence-electron chi connectivity index (χ3n) is 3.29. The van der Waals surface area contributed by atoms with Crippen molar-refractivity contribution in [1.82, 2.24) is 5.32 Å². The highest BCUT2D eigenvalue weighted by Gasteiger charge is 2.10. The number of carbonyl (C=O) groups is 1. The van der Waals surface area contributed by atoms with Crippen LogP contribution in [0.25, 0.3) is 0 Å². The van der Waals surface area contributed by atoms with Gasteiger partial charge in [0.15, 0.2) is 0 Å². The van der Waals surface area contributed by atoms with Gasteiger partial charge in [-0.25, -0.2) is 0 Å². The van der Waals surface area contributed by atoms with Gasteiger partial charge in [-0.2, -0.15) is 0 Å². The van der Waals surface area contributed by atoms with Gasteiger partial charge in [-0.1, -0.05) is 54.6 Å². The van der Waals surface area contributed by atoms with E-state index in [4.69, 9.17) is 0 Å². The van der Waals surface area contributed by atoms with Crippen LogP contribution in [0.15, 0.2) is 54.6 Å². The van der Waals surface area contributed by atoms with E-state index in [1.165, 1.54) is 0 Å². The maximum Gasteiger partial charge on any atom is 0.224 e. The van der Waals surface area contributed by atoms with Gasteiger partial charge in [0.2, 0.25) is 5.91 Å². The molecular formula is C17H19NO. The van der Waals surface area contributed by atoms with Crippen LogP contribution in [0.5, 0.6) is 0 Å². The molecule has 2 rings (SSSR count). The molecule has 19 heavy (non-hydrogen) atoms. The molecule has 0 bridgehead atoms. The van der Waals surface area contributed by atoms with Crippen LogP contribution in [0.3, 0.4) is 0 Å².